The molecule has 0 saturated heterocycles. The van der Waals surface area contributed by atoms with Crippen molar-refractivity contribution in [1.82, 2.24) is 0 Å². The van der Waals surface area contributed by atoms with Crippen molar-refractivity contribution in [2.75, 3.05) is 6.61 Å². The van der Waals surface area contributed by atoms with Crippen molar-refractivity contribution >= 4 is 5.97 Å². The van der Waals surface area contributed by atoms with Crippen LogP contribution in [-0.4, -0.2) is 12.6 Å². The Labute approximate surface area is 134 Å². The second-order valence-electron chi connectivity index (χ2n) is 5.53. The summed E-state index contributed by atoms with van der Waals surface area (Å²) in [4.78, 5) is 12.2. The molecular weight excluding hydrogens is 286 g/mol. The molecule has 2 heterocycles. The lowest BCUT2D eigenvalue weighted by atomic mass is 10.0. The van der Waals surface area contributed by atoms with Crippen LogP contribution >= 0.6 is 0 Å². The number of rotatable bonds is 2. The van der Waals surface area contributed by atoms with Crippen molar-refractivity contribution in [3.8, 4) is 22.4 Å². The van der Waals surface area contributed by atoms with Gasteiger partial charge in [-0.25, -0.2) is 4.79 Å². The van der Waals surface area contributed by atoms with Crippen LogP contribution in [0.2, 0.25) is 0 Å². The minimum Gasteiger partial charge on any atom is -0.451 e. The molecule has 2 aromatic carbocycles. The summed E-state index contributed by atoms with van der Waals surface area (Å²) in [6, 6.07) is 24.3. The summed E-state index contributed by atoms with van der Waals surface area (Å²) in [5.74, 6) is -0.258. The van der Waals surface area contributed by atoms with E-state index in [1.54, 1.807) is 0 Å². The van der Waals surface area contributed by atoms with E-state index in [4.69, 9.17) is 4.74 Å². The van der Waals surface area contributed by atoms with E-state index in [0.717, 1.165) is 22.4 Å². The first-order valence-electron chi connectivity index (χ1n) is 7.69. The highest BCUT2D eigenvalue weighted by molar-refractivity contribution is 5.88. The zero-order valence-electron chi connectivity index (χ0n) is 12.6. The average Bonchev–Trinajstić information content (AvgIpc) is 2.63. The molecule has 0 amide bonds. The van der Waals surface area contributed by atoms with Crippen molar-refractivity contribution < 1.29 is 14.1 Å². The highest BCUT2D eigenvalue weighted by atomic mass is 16.5. The number of carbonyl (C=O) groups excluding carboxylic acids is 1. The molecule has 0 bridgehead atoms. The number of ether oxygens (including phenoxy) is 1. The lowest BCUT2D eigenvalue weighted by molar-refractivity contribution is -0.694. The topological polar surface area (TPSA) is 30.2 Å². The van der Waals surface area contributed by atoms with Gasteiger partial charge in [0.1, 0.15) is 0 Å². The number of benzene rings is 2. The second kappa shape index (κ2) is 5.69. The Morgan fingerprint density at radius 3 is 2.04 bits per heavy atom. The van der Waals surface area contributed by atoms with Crippen LogP contribution in [0.15, 0.2) is 72.8 Å². The maximum Gasteiger partial charge on any atom is 0.403 e. The molecule has 3 nitrogen and oxygen atoms in total. The van der Waals surface area contributed by atoms with Crippen LogP contribution in [0, 0.1) is 0 Å². The number of carbonyl (C=O) groups is 1. The van der Waals surface area contributed by atoms with Gasteiger partial charge in [-0.3, -0.25) is 0 Å². The lowest BCUT2D eigenvalue weighted by Crippen LogP contribution is -2.48. The van der Waals surface area contributed by atoms with Gasteiger partial charge in [0.2, 0.25) is 5.69 Å². The van der Waals surface area contributed by atoms with Crippen LogP contribution in [0.3, 0.4) is 0 Å². The summed E-state index contributed by atoms with van der Waals surface area (Å²) in [5.41, 5.74) is 4.86. The van der Waals surface area contributed by atoms with Gasteiger partial charge >= 0.3 is 5.97 Å². The molecule has 112 valence electrons. The molecule has 1 aliphatic rings. The summed E-state index contributed by atoms with van der Waals surface area (Å²) in [6.07, 6.45) is 0. The van der Waals surface area contributed by atoms with Crippen LogP contribution in [0.25, 0.3) is 22.4 Å². The molecule has 0 N–H and O–H groups in total. The van der Waals surface area contributed by atoms with Crippen molar-refractivity contribution in [2.45, 2.75) is 6.54 Å². The van der Waals surface area contributed by atoms with E-state index in [0.29, 0.717) is 18.8 Å². The van der Waals surface area contributed by atoms with Gasteiger partial charge in [-0.05, 0) is 23.3 Å². The standard InChI is InChI=1S/C20H16NO2/c22-20-19-14-17(15-7-3-1-4-8-15)13-18(21(19)11-12-23-20)16-9-5-2-6-10-16/h1-10,13-14H,11-12H2/q+1. The van der Waals surface area contributed by atoms with E-state index in [9.17, 15) is 4.79 Å². The van der Waals surface area contributed by atoms with Crippen molar-refractivity contribution in [2.24, 2.45) is 0 Å². The van der Waals surface area contributed by atoms with E-state index in [2.05, 4.69) is 30.3 Å². The predicted octanol–water partition coefficient (Wildman–Crippen LogP) is 3.48. The molecule has 0 atom stereocenters. The second-order valence-corrected chi connectivity index (χ2v) is 5.53. The number of hydrogen-bond acceptors (Lipinski definition) is 2. The van der Waals surface area contributed by atoms with E-state index in [1.807, 2.05) is 47.0 Å². The number of aromatic nitrogens is 1. The van der Waals surface area contributed by atoms with E-state index < -0.39 is 0 Å². The Morgan fingerprint density at radius 2 is 1.35 bits per heavy atom. The van der Waals surface area contributed by atoms with Crippen molar-refractivity contribution in [1.29, 1.82) is 0 Å². The van der Waals surface area contributed by atoms with Crippen LogP contribution < -0.4 is 4.57 Å². The van der Waals surface area contributed by atoms with Gasteiger partial charge in [-0.1, -0.05) is 48.5 Å². The SMILES string of the molecule is O=C1OCC[n+]2c1cc(-c1ccccc1)cc2-c1ccccc1. The van der Waals surface area contributed by atoms with Gasteiger partial charge in [0.05, 0.1) is 0 Å². The Bertz CT molecular complexity index is 858. The van der Waals surface area contributed by atoms with Crippen LogP contribution in [0.4, 0.5) is 0 Å². The van der Waals surface area contributed by atoms with E-state index in [-0.39, 0.29) is 5.97 Å². The minimum absolute atomic E-state index is 0.258. The van der Waals surface area contributed by atoms with Crippen molar-refractivity contribution in [3.63, 3.8) is 0 Å². The third-order valence-corrected chi connectivity index (χ3v) is 4.10. The molecule has 0 unspecified atom stereocenters. The predicted molar refractivity (Wildman–Crippen MR) is 87.8 cm³/mol. The molecule has 4 rings (SSSR count). The fraction of sp³-hybridized carbons (Fsp3) is 0.100. The van der Waals surface area contributed by atoms with Gasteiger partial charge in [-0.15, -0.1) is 0 Å². The smallest absolute Gasteiger partial charge is 0.403 e. The molecule has 0 spiro atoms. The maximum absolute atomic E-state index is 12.2. The van der Waals surface area contributed by atoms with Gasteiger partial charge in [0.15, 0.2) is 13.2 Å². The number of cyclic esters (lactones) is 1. The normalized spacial score (nSPS) is 13.3. The number of nitrogens with zero attached hydrogens (tertiary/aromatic N) is 1. The Kier molecular flexibility index (Phi) is 3.39. The third kappa shape index (κ3) is 2.50. The Hall–Kier alpha value is -2.94. The highest BCUT2D eigenvalue weighted by Crippen LogP contribution is 2.26. The Balaban J connectivity index is 1.97. The Morgan fingerprint density at radius 1 is 0.739 bits per heavy atom. The molecule has 1 aromatic heterocycles. The summed E-state index contributed by atoms with van der Waals surface area (Å²) < 4.78 is 7.28. The zero-order valence-corrected chi connectivity index (χ0v) is 12.6. The van der Waals surface area contributed by atoms with E-state index in [1.165, 1.54) is 0 Å². The minimum atomic E-state index is -0.258. The van der Waals surface area contributed by atoms with Gasteiger partial charge in [0, 0.05) is 17.7 Å². The number of pyridine rings is 1. The molecule has 0 aliphatic carbocycles. The molecule has 1 aliphatic heterocycles. The first kappa shape index (κ1) is 13.7. The molecule has 0 fully saturated rings. The number of esters is 1. The monoisotopic (exact) mass is 302 g/mol. The summed E-state index contributed by atoms with van der Waals surface area (Å²) >= 11 is 0. The summed E-state index contributed by atoms with van der Waals surface area (Å²) in [5, 5.41) is 0. The largest absolute Gasteiger partial charge is 0.451 e. The van der Waals surface area contributed by atoms with Gasteiger partial charge in [0.25, 0.3) is 5.69 Å². The first-order valence-corrected chi connectivity index (χ1v) is 7.69. The third-order valence-electron chi connectivity index (χ3n) is 4.10. The summed E-state index contributed by atoms with van der Waals surface area (Å²) in [6.45, 7) is 1.10. The molecule has 23 heavy (non-hydrogen) atoms. The fourth-order valence-corrected chi connectivity index (χ4v) is 2.98. The van der Waals surface area contributed by atoms with E-state index >= 15 is 0 Å². The van der Waals surface area contributed by atoms with Gasteiger partial charge < -0.3 is 4.74 Å². The molecule has 0 radical (unpaired) electrons. The highest BCUT2D eigenvalue weighted by Gasteiger charge is 2.31. The van der Waals surface area contributed by atoms with Crippen LogP contribution in [0.5, 0.6) is 0 Å². The van der Waals surface area contributed by atoms with Crippen molar-refractivity contribution in [3.05, 3.63) is 78.5 Å². The zero-order chi connectivity index (χ0) is 15.6. The van der Waals surface area contributed by atoms with Gasteiger partial charge in [-0.2, -0.15) is 4.57 Å². The molecule has 3 heteroatoms. The first-order chi connectivity index (χ1) is 11.3. The van der Waals surface area contributed by atoms with Crippen LogP contribution in [0.1, 0.15) is 10.5 Å². The maximum atomic E-state index is 12.2. The molecule has 3 aromatic rings. The van der Waals surface area contributed by atoms with Crippen LogP contribution in [-0.2, 0) is 11.3 Å². The number of hydrogen-bond donors (Lipinski definition) is 0. The average molecular weight is 302 g/mol. The quantitative estimate of drug-likeness (QED) is 0.536. The summed E-state index contributed by atoms with van der Waals surface area (Å²) in [7, 11) is 0. The fourth-order valence-electron chi connectivity index (χ4n) is 2.98. The lowest BCUT2D eigenvalue weighted by Gasteiger charge is -2.15. The molecular formula is C20H16NO2+. The number of fused-ring (bicyclic) bond motifs is 1. The molecule has 0 saturated carbocycles.